The van der Waals surface area contributed by atoms with Crippen LogP contribution >= 0.6 is 22.6 Å². The first-order valence-electron chi connectivity index (χ1n) is 8.98. The fraction of sp³-hybridized carbons (Fsp3) is 0.286. The van der Waals surface area contributed by atoms with Crippen LogP contribution in [0.25, 0.3) is 10.9 Å². The van der Waals surface area contributed by atoms with Crippen LogP contribution in [0.4, 0.5) is 0 Å². The van der Waals surface area contributed by atoms with Gasteiger partial charge in [-0.25, -0.2) is 4.79 Å². The minimum Gasteiger partial charge on any atom is -0.493 e. The summed E-state index contributed by atoms with van der Waals surface area (Å²) in [7, 11) is 1.56. The fourth-order valence-corrected chi connectivity index (χ4v) is 3.41. The van der Waals surface area contributed by atoms with Gasteiger partial charge in [0.1, 0.15) is 0 Å². The fourth-order valence-electron chi connectivity index (χ4n) is 2.63. The normalized spacial score (nSPS) is 11.9. The van der Waals surface area contributed by atoms with Crippen molar-refractivity contribution in [3.8, 4) is 11.5 Å². The number of rotatable bonds is 5. The standard InChI is InChI=1S/C21H22IN3O4/c1-21(2,3)12-29-18-15(22)9-13(10-17(18)28-4)11-23-25-19(26)14-7-5-6-8-16(14)24-20(25)27/h5-11H,12H2,1-4H3,(H,24,27). The van der Waals surface area contributed by atoms with E-state index in [9.17, 15) is 9.59 Å². The van der Waals surface area contributed by atoms with Gasteiger partial charge in [-0.15, -0.1) is 4.68 Å². The Balaban J connectivity index is 1.98. The third-order valence-electron chi connectivity index (χ3n) is 4.01. The molecular weight excluding hydrogens is 485 g/mol. The zero-order valence-corrected chi connectivity index (χ0v) is 18.8. The number of hydrogen-bond acceptors (Lipinski definition) is 5. The average Bonchev–Trinajstić information content (AvgIpc) is 2.65. The molecule has 3 rings (SSSR count). The number of nitrogens with one attached hydrogen (secondary N) is 1. The highest BCUT2D eigenvalue weighted by atomic mass is 127. The van der Waals surface area contributed by atoms with Crippen LogP contribution in [0.5, 0.6) is 11.5 Å². The lowest BCUT2D eigenvalue weighted by Crippen LogP contribution is -2.32. The van der Waals surface area contributed by atoms with Crippen LogP contribution in [0.1, 0.15) is 26.3 Å². The summed E-state index contributed by atoms with van der Waals surface area (Å²) >= 11 is 2.16. The second-order valence-electron chi connectivity index (χ2n) is 7.72. The molecule has 0 aliphatic heterocycles. The molecule has 2 aromatic carbocycles. The van der Waals surface area contributed by atoms with E-state index in [0.29, 0.717) is 34.6 Å². The summed E-state index contributed by atoms with van der Waals surface area (Å²) in [5, 5.41) is 4.48. The second kappa shape index (κ2) is 8.40. The van der Waals surface area contributed by atoms with Gasteiger partial charge in [0.05, 0.1) is 34.4 Å². The number of ether oxygens (including phenoxy) is 2. The summed E-state index contributed by atoms with van der Waals surface area (Å²) in [4.78, 5) is 27.5. The van der Waals surface area contributed by atoms with E-state index in [1.54, 1.807) is 37.4 Å². The van der Waals surface area contributed by atoms with Crippen molar-refractivity contribution in [2.75, 3.05) is 13.7 Å². The number of halogens is 1. The van der Waals surface area contributed by atoms with Gasteiger partial charge < -0.3 is 14.5 Å². The number of para-hydroxylation sites is 1. The van der Waals surface area contributed by atoms with Crippen LogP contribution in [0.3, 0.4) is 0 Å². The highest BCUT2D eigenvalue weighted by molar-refractivity contribution is 14.1. The van der Waals surface area contributed by atoms with Crippen molar-refractivity contribution in [1.29, 1.82) is 0 Å². The van der Waals surface area contributed by atoms with Gasteiger partial charge in [-0.05, 0) is 57.8 Å². The maximum Gasteiger partial charge on any atom is 0.349 e. The molecule has 29 heavy (non-hydrogen) atoms. The Morgan fingerprint density at radius 3 is 2.62 bits per heavy atom. The molecule has 0 aliphatic carbocycles. The SMILES string of the molecule is COc1cc(C=Nn2c(=O)[nH]c3ccccc3c2=O)cc(I)c1OCC(C)(C)C. The number of benzene rings is 2. The molecule has 0 saturated heterocycles. The topological polar surface area (TPSA) is 85.7 Å². The van der Waals surface area contributed by atoms with E-state index in [1.165, 1.54) is 6.21 Å². The molecule has 0 bridgehead atoms. The summed E-state index contributed by atoms with van der Waals surface area (Å²) in [6, 6.07) is 10.4. The minimum absolute atomic E-state index is 0.00645. The van der Waals surface area contributed by atoms with Crippen molar-refractivity contribution in [2.45, 2.75) is 20.8 Å². The lowest BCUT2D eigenvalue weighted by Gasteiger charge is -2.21. The van der Waals surface area contributed by atoms with E-state index in [2.05, 4.69) is 53.4 Å². The third kappa shape index (κ3) is 4.87. The van der Waals surface area contributed by atoms with Crippen LogP contribution in [-0.2, 0) is 0 Å². The van der Waals surface area contributed by atoms with Crippen LogP contribution in [-0.4, -0.2) is 29.6 Å². The zero-order chi connectivity index (χ0) is 21.2. The molecule has 1 aromatic heterocycles. The van der Waals surface area contributed by atoms with Crippen molar-refractivity contribution in [1.82, 2.24) is 9.66 Å². The molecule has 8 heteroatoms. The van der Waals surface area contributed by atoms with Crippen molar-refractivity contribution in [3.05, 3.63) is 66.4 Å². The molecule has 1 N–H and O–H groups in total. The zero-order valence-electron chi connectivity index (χ0n) is 16.7. The van der Waals surface area contributed by atoms with E-state index in [-0.39, 0.29) is 5.41 Å². The van der Waals surface area contributed by atoms with Crippen LogP contribution < -0.4 is 20.7 Å². The number of aromatic nitrogens is 2. The molecule has 0 aliphatic rings. The average molecular weight is 507 g/mol. The lowest BCUT2D eigenvalue weighted by atomic mass is 9.99. The molecular formula is C21H22IN3O4. The molecule has 0 fully saturated rings. The Labute approximate surface area is 181 Å². The van der Waals surface area contributed by atoms with E-state index < -0.39 is 11.2 Å². The number of methoxy groups -OCH3 is 1. The molecule has 7 nitrogen and oxygen atoms in total. The maximum absolute atomic E-state index is 12.6. The van der Waals surface area contributed by atoms with E-state index in [4.69, 9.17) is 9.47 Å². The van der Waals surface area contributed by atoms with Crippen molar-refractivity contribution < 1.29 is 9.47 Å². The Bertz CT molecular complexity index is 1190. The number of fused-ring (bicyclic) bond motifs is 1. The van der Waals surface area contributed by atoms with Crippen molar-refractivity contribution in [2.24, 2.45) is 10.5 Å². The van der Waals surface area contributed by atoms with Crippen LogP contribution in [0.15, 0.2) is 51.1 Å². The Morgan fingerprint density at radius 2 is 1.93 bits per heavy atom. The number of H-pyrrole nitrogens is 1. The summed E-state index contributed by atoms with van der Waals surface area (Å²) in [6.07, 6.45) is 1.45. The first kappa shape index (κ1) is 21.1. The smallest absolute Gasteiger partial charge is 0.349 e. The Kier molecular flexibility index (Phi) is 6.11. The summed E-state index contributed by atoms with van der Waals surface area (Å²) in [5.74, 6) is 1.21. The molecule has 0 unspecified atom stereocenters. The first-order chi connectivity index (χ1) is 13.7. The minimum atomic E-state index is -0.600. The predicted octanol–water partition coefficient (Wildman–Crippen LogP) is 3.61. The second-order valence-corrected chi connectivity index (χ2v) is 8.88. The highest BCUT2D eigenvalue weighted by Crippen LogP contribution is 2.34. The quantitative estimate of drug-likeness (QED) is 0.423. The van der Waals surface area contributed by atoms with Gasteiger partial charge in [0.15, 0.2) is 11.5 Å². The van der Waals surface area contributed by atoms with Crippen LogP contribution in [0.2, 0.25) is 0 Å². The van der Waals surface area contributed by atoms with Gasteiger partial charge in [-0.3, -0.25) is 4.79 Å². The molecule has 0 radical (unpaired) electrons. The summed E-state index contributed by atoms with van der Waals surface area (Å²) in [5.41, 5.74) is 0.0791. The van der Waals surface area contributed by atoms with Gasteiger partial charge in [0.2, 0.25) is 0 Å². The van der Waals surface area contributed by atoms with Crippen molar-refractivity contribution in [3.63, 3.8) is 0 Å². The largest absolute Gasteiger partial charge is 0.493 e. The molecule has 0 spiro atoms. The van der Waals surface area contributed by atoms with Crippen LogP contribution in [0, 0.1) is 8.99 Å². The number of nitrogens with zero attached hydrogens (tertiary/aromatic N) is 2. The van der Waals surface area contributed by atoms with Gasteiger partial charge >= 0.3 is 5.69 Å². The van der Waals surface area contributed by atoms with Crippen molar-refractivity contribution >= 4 is 39.7 Å². The summed E-state index contributed by atoms with van der Waals surface area (Å²) < 4.78 is 13.1. The van der Waals surface area contributed by atoms with E-state index in [1.807, 2.05) is 6.07 Å². The van der Waals surface area contributed by atoms with Gasteiger partial charge in [-0.1, -0.05) is 32.9 Å². The van der Waals surface area contributed by atoms with Gasteiger partial charge in [0, 0.05) is 0 Å². The lowest BCUT2D eigenvalue weighted by molar-refractivity contribution is 0.190. The molecule has 1 heterocycles. The predicted molar refractivity (Wildman–Crippen MR) is 122 cm³/mol. The number of hydrogen-bond donors (Lipinski definition) is 1. The highest BCUT2D eigenvalue weighted by Gasteiger charge is 2.16. The number of aromatic amines is 1. The molecule has 152 valence electrons. The van der Waals surface area contributed by atoms with E-state index in [0.717, 1.165) is 8.25 Å². The van der Waals surface area contributed by atoms with Gasteiger partial charge in [-0.2, -0.15) is 5.10 Å². The summed E-state index contributed by atoms with van der Waals surface area (Å²) in [6.45, 7) is 6.80. The third-order valence-corrected chi connectivity index (χ3v) is 4.81. The molecule has 3 aromatic rings. The Morgan fingerprint density at radius 1 is 1.21 bits per heavy atom. The molecule has 0 amide bonds. The monoisotopic (exact) mass is 507 g/mol. The first-order valence-corrected chi connectivity index (χ1v) is 10.1. The molecule has 0 atom stereocenters. The maximum atomic E-state index is 12.6. The van der Waals surface area contributed by atoms with Gasteiger partial charge in [0.25, 0.3) is 5.56 Å². The Hall–Kier alpha value is -2.62. The molecule has 0 saturated carbocycles. The van der Waals surface area contributed by atoms with E-state index >= 15 is 0 Å².